The van der Waals surface area contributed by atoms with Crippen molar-refractivity contribution in [1.29, 1.82) is 5.26 Å². The first kappa shape index (κ1) is 39.9. The van der Waals surface area contributed by atoms with E-state index in [4.69, 9.17) is 11.6 Å². The number of piperidine rings is 4. The third-order valence-electron chi connectivity index (χ3n) is 12.3. The molecule has 2 aromatic carbocycles. The Kier molecular flexibility index (Phi) is 11.3. The Balaban J connectivity index is 0.872. The van der Waals surface area contributed by atoms with E-state index in [1.165, 1.54) is 44.0 Å². The number of aryl methyl sites for hydroxylation is 1. The number of amides is 2. The lowest BCUT2D eigenvalue weighted by Gasteiger charge is -2.39. The van der Waals surface area contributed by atoms with E-state index < -0.39 is 33.5 Å². The molecule has 0 spiro atoms. The maximum absolute atomic E-state index is 15.2. The van der Waals surface area contributed by atoms with Crippen molar-refractivity contribution in [3.63, 3.8) is 0 Å². The molecule has 0 radical (unpaired) electrons. The maximum Gasteiger partial charge on any atom is 0.329 e. The lowest BCUT2D eigenvalue weighted by Crippen LogP contribution is -2.44. The molecule has 8 rings (SSSR count). The normalized spacial score (nSPS) is 21.0. The first-order chi connectivity index (χ1) is 27.9. The predicted octanol–water partition coefficient (Wildman–Crippen LogP) is 4.13. The van der Waals surface area contributed by atoms with Crippen LogP contribution >= 0.6 is 11.6 Å². The SMILES string of the molecule is Cn1c(=O)n(C2CCC(=O)NC2=O)c2cc(F)cc(C3CCN(CC4CCN(c5cc(S(=O)(=O)N6CCC(Nc7ncc(Cl)cn7)CC6)ccc5C#N)CC4)CC3)c21. The highest BCUT2D eigenvalue weighted by Gasteiger charge is 2.35. The van der Waals surface area contributed by atoms with E-state index in [0.29, 0.717) is 78.2 Å². The van der Waals surface area contributed by atoms with Gasteiger partial charge in [-0.3, -0.25) is 24.0 Å². The average molecular weight is 833 g/mol. The molecule has 4 aliphatic heterocycles. The Morgan fingerprint density at radius 2 is 1.66 bits per heavy atom. The van der Waals surface area contributed by atoms with Gasteiger partial charge in [-0.05, 0) is 106 Å². The van der Waals surface area contributed by atoms with Crippen LogP contribution in [0.3, 0.4) is 0 Å². The van der Waals surface area contributed by atoms with Crippen LogP contribution in [0.15, 0.2) is 52.4 Å². The predicted molar refractivity (Wildman–Crippen MR) is 216 cm³/mol. The minimum atomic E-state index is -3.78. The summed E-state index contributed by atoms with van der Waals surface area (Å²) in [5, 5.41) is 16.0. The van der Waals surface area contributed by atoms with E-state index in [-0.39, 0.29) is 35.6 Å². The number of imidazole rings is 1. The number of imide groups is 1. The lowest BCUT2D eigenvalue weighted by molar-refractivity contribution is -0.135. The zero-order chi connectivity index (χ0) is 40.7. The largest absolute Gasteiger partial charge is 0.370 e. The van der Waals surface area contributed by atoms with Crippen molar-refractivity contribution in [3.05, 3.63) is 75.2 Å². The van der Waals surface area contributed by atoms with Crippen molar-refractivity contribution in [1.82, 2.24) is 33.6 Å². The minimum absolute atomic E-state index is 0.0273. The minimum Gasteiger partial charge on any atom is -0.370 e. The number of nitriles is 1. The summed E-state index contributed by atoms with van der Waals surface area (Å²) in [6, 6.07) is 9.03. The third kappa shape index (κ3) is 7.94. The number of carbonyl (C=O) groups is 2. The van der Waals surface area contributed by atoms with Crippen molar-refractivity contribution in [2.75, 3.05) is 56.0 Å². The number of aromatic nitrogens is 4. The third-order valence-corrected chi connectivity index (χ3v) is 14.4. The Hall–Kier alpha value is -4.89. The first-order valence-corrected chi connectivity index (χ1v) is 21.7. The Morgan fingerprint density at radius 3 is 2.33 bits per heavy atom. The molecule has 58 heavy (non-hydrogen) atoms. The van der Waals surface area contributed by atoms with Crippen LogP contribution in [0.5, 0.6) is 0 Å². The summed E-state index contributed by atoms with van der Waals surface area (Å²) in [6.45, 7) is 4.60. The van der Waals surface area contributed by atoms with E-state index in [0.717, 1.165) is 50.9 Å². The number of anilines is 2. The molecule has 4 aromatic rings. The molecule has 0 aliphatic carbocycles. The topological polar surface area (TPSA) is 179 Å². The molecule has 0 saturated carbocycles. The average Bonchev–Trinajstić information content (AvgIpc) is 3.47. The molecule has 2 amide bonds. The smallest absolute Gasteiger partial charge is 0.329 e. The fourth-order valence-corrected chi connectivity index (χ4v) is 10.8. The second-order valence-electron chi connectivity index (χ2n) is 15.9. The first-order valence-electron chi connectivity index (χ1n) is 19.9. The lowest BCUT2D eigenvalue weighted by atomic mass is 9.87. The number of nitrogens with zero attached hydrogens (tertiary/aromatic N) is 8. The molecule has 2 N–H and O–H groups in total. The van der Waals surface area contributed by atoms with Crippen molar-refractivity contribution >= 4 is 56.1 Å². The summed E-state index contributed by atoms with van der Waals surface area (Å²) < 4.78 is 47.1. The summed E-state index contributed by atoms with van der Waals surface area (Å²) in [5.41, 5.74) is 2.43. The Bertz CT molecular complexity index is 2430. The van der Waals surface area contributed by atoms with Crippen LogP contribution in [0.1, 0.15) is 74.5 Å². The molecular formula is C40H46ClFN10O5S. The standard InChI is InChI=1S/C40H46ClFN10O5S/c1-48-37-32(18-29(42)19-35(37)52(40(48)55)33-4-5-36(53)47-38(33)54)26-8-12-49(13-9-26)24-25-6-14-50(15-7-25)34-20-31(3-2-27(34)21-43)58(56,57)51-16-10-30(11-17-51)46-39-44-22-28(41)23-45-39/h2-3,18-20,22-23,25-26,30,33H,4-17,24H2,1H3,(H,44,45,46)(H,47,53,54). The molecule has 4 fully saturated rings. The van der Waals surface area contributed by atoms with Gasteiger partial charge in [-0.2, -0.15) is 9.57 Å². The molecule has 15 nitrogen and oxygen atoms in total. The summed E-state index contributed by atoms with van der Waals surface area (Å²) in [4.78, 5) is 51.1. The van der Waals surface area contributed by atoms with Crippen molar-refractivity contribution in [3.8, 4) is 6.07 Å². The molecule has 1 atom stereocenters. The van der Waals surface area contributed by atoms with Crippen LogP contribution in [0.4, 0.5) is 16.0 Å². The monoisotopic (exact) mass is 832 g/mol. The van der Waals surface area contributed by atoms with Crippen molar-refractivity contribution < 1.29 is 22.4 Å². The molecule has 2 aromatic heterocycles. The van der Waals surface area contributed by atoms with Crippen LogP contribution in [-0.4, -0.2) is 100 Å². The highest BCUT2D eigenvalue weighted by molar-refractivity contribution is 7.89. The number of benzene rings is 2. The fourth-order valence-electron chi connectivity index (χ4n) is 9.19. The van der Waals surface area contributed by atoms with E-state index in [9.17, 15) is 28.1 Å². The van der Waals surface area contributed by atoms with Crippen LogP contribution in [0, 0.1) is 23.1 Å². The quantitative estimate of drug-likeness (QED) is 0.232. The highest BCUT2D eigenvalue weighted by atomic mass is 35.5. The van der Waals surface area contributed by atoms with Gasteiger partial charge in [-0.25, -0.2) is 27.6 Å². The molecule has 4 aliphatic rings. The Morgan fingerprint density at radius 1 is 0.948 bits per heavy atom. The zero-order valence-electron chi connectivity index (χ0n) is 32.2. The van der Waals surface area contributed by atoms with Gasteiger partial charge in [-0.15, -0.1) is 0 Å². The van der Waals surface area contributed by atoms with Gasteiger partial charge in [0.15, 0.2) is 0 Å². The molecular weight excluding hydrogens is 787 g/mol. The number of halogens is 2. The van der Waals surface area contributed by atoms with Gasteiger partial charge in [0.2, 0.25) is 27.8 Å². The molecule has 1 unspecified atom stereocenters. The number of sulfonamides is 1. The highest BCUT2D eigenvalue weighted by Crippen LogP contribution is 2.36. The van der Waals surface area contributed by atoms with Crippen LogP contribution in [-0.2, 0) is 26.7 Å². The maximum atomic E-state index is 15.2. The van der Waals surface area contributed by atoms with E-state index in [2.05, 4.69) is 36.5 Å². The van der Waals surface area contributed by atoms with Gasteiger partial charge in [-0.1, -0.05) is 11.6 Å². The Labute approximate surface area is 340 Å². The van der Waals surface area contributed by atoms with Crippen LogP contribution in [0.2, 0.25) is 5.02 Å². The zero-order valence-corrected chi connectivity index (χ0v) is 33.8. The summed E-state index contributed by atoms with van der Waals surface area (Å²) >= 11 is 5.89. The van der Waals surface area contributed by atoms with Gasteiger partial charge in [0, 0.05) is 52.2 Å². The van der Waals surface area contributed by atoms with E-state index >= 15 is 4.39 Å². The molecule has 0 bridgehead atoms. The van der Waals surface area contributed by atoms with Crippen molar-refractivity contribution in [2.45, 2.75) is 74.3 Å². The number of fused-ring (bicyclic) bond motifs is 1. The van der Waals surface area contributed by atoms with Gasteiger partial charge in [0.25, 0.3) is 0 Å². The van der Waals surface area contributed by atoms with Crippen LogP contribution < -0.4 is 21.2 Å². The molecule has 18 heteroatoms. The number of carbonyl (C=O) groups excluding carboxylic acids is 2. The molecule has 4 saturated heterocycles. The van der Waals surface area contributed by atoms with E-state index in [1.54, 1.807) is 19.2 Å². The van der Waals surface area contributed by atoms with Crippen LogP contribution in [0.25, 0.3) is 11.0 Å². The summed E-state index contributed by atoms with van der Waals surface area (Å²) in [7, 11) is -2.14. The van der Waals surface area contributed by atoms with Crippen molar-refractivity contribution in [2.24, 2.45) is 13.0 Å². The number of nitrogens with one attached hydrogen (secondary N) is 2. The number of likely N-dealkylation sites (tertiary alicyclic amines) is 1. The molecule has 306 valence electrons. The van der Waals surface area contributed by atoms with Gasteiger partial charge in [0.05, 0.1) is 44.6 Å². The van der Waals surface area contributed by atoms with Gasteiger partial charge >= 0.3 is 5.69 Å². The molecule has 6 heterocycles. The number of hydrogen-bond acceptors (Lipinski definition) is 11. The van der Waals surface area contributed by atoms with Gasteiger partial charge in [0.1, 0.15) is 17.9 Å². The van der Waals surface area contributed by atoms with Gasteiger partial charge < -0.3 is 15.1 Å². The number of rotatable bonds is 9. The summed E-state index contributed by atoms with van der Waals surface area (Å²) in [6.07, 6.45) is 7.86. The fraction of sp³-hybridized carbons (Fsp3) is 0.500. The second kappa shape index (κ2) is 16.4. The van der Waals surface area contributed by atoms with E-state index in [1.807, 2.05) is 0 Å². The number of hydrogen-bond donors (Lipinski definition) is 2. The second-order valence-corrected chi connectivity index (χ2v) is 18.3. The summed E-state index contributed by atoms with van der Waals surface area (Å²) in [5.74, 6) is -0.497.